The van der Waals surface area contributed by atoms with Crippen molar-refractivity contribution in [3.63, 3.8) is 0 Å². The number of hydrogen-bond donors (Lipinski definition) is 1. The molecule has 0 aliphatic carbocycles. The van der Waals surface area contributed by atoms with E-state index in [1.165, 1.54) is 4.90 Å². The lowest BCUT2D eigenvalue weighted by molar-refractivity contribution is -0.385. The second-order valence-electron chi connectivity index (χ2n) is 8.87. The summed E-state index contributed by atoms with van der Waals surface area (Å²) in [4.78, 5) is 38.4. The maximum absolute atomic E-state index is 13.4. The highest BCUT2D eigenvalue weighted by Crippen LogP contribution is 2.35. The van der Waals surface area contributed by atoms with Gasteiger partial charge in [-0.05, 0) is 31.5 Å². The highest BCUT2D eigenvalue weighted by molar-refractivity contribution is 6.04. The molecule has 0 saturated heterocycles. The van der Waals surface area contributed by atoms with E-state index in [1.54, 1.807) is 34.0 Å². The molecule has 12 heteroatoms. The van der Waals surface area contributed by atoms with E-state index >= 15 is 0 Å². The molecule has 0 fully saturated rings. The molecule has 2 aromatic carbocycles. The van der Waals surface area contributed by atoms with Crippen molar-refractivity contribution >= 4 is 28.4 Å². The van der Waals surface area contributed by atoms with Crippen LogP contribution in [0.15, 0.2) is 54.6 Å². The monoisotopic (exact) mass is 524 g/mol. The first-order chi connectivity index (χ1) is 17.8. The molecule has 38 heavy (non-hydrogen) atoms. The third-order valence-electron chi connectivity index (χ3n) is 5.81. The number of fused-ring (bicyclic) bond motifs is 1. The van der Waals surface area contributed by atoms with Crippen LogP contribution < -0.4 is 5.32 Å². The standard InChI is InChI=1S/C26H23F3N6O3/c1-14(17-10-18(26(27,28)29)12-19(11-17)35(37)38)30-23-21-13-20(25(36)34(3)4)22(16-8-6-5-7-9-16)33-24(21)32-15(2)31-23/h5-14H,1-4H3,(H,30,31,32,33)/t14-/m1/s1. The van der Waals surface area contributed by atoms with E-state index in [4.69, 9.17) is 0 Å². The first kappa shape index (κ1) is 26.5. The molecule has 196 valence electrons. The van der Waals surface area contributed by atoms with Crippen LogP contribution in [-0.4, -0.2) is 44.8 Å². The summed E-state index contributed by atoms with van der Waals surface area (Å²) in [6, 6.07) is 12.3. The number of hydrogen-bond acceptors (Lipinski definition) is 7. The van der Waals surface area contributed by atoms with Crippen LogP contribution in [0.2, 0.25) is 0 Å². The van der Waals surface area contributed by atoms with Gasteiger partial charge < -0.3 is 10.2 Å². The van der Waals surface area contributed by atoms with Gasteiger partial charge in [0.1, 0.15) is 11.6 Å². The second kappa shape index (κ2) is 10.0. The zero-order valence-electron chi connectivity index (χ0n) is 20.9. The quantitative estimate of drug-likeness (QED) is 0.250. The van der Waals surface area contributed by atoms with Gasteiger partial charge in [-0.2, -0.15) is 13.2 Å². The van der Waals surface area contributed by atoms with Gasteiger partial charge >= 0.3 is 6.18 Å². The summed E-state index contributed by atoms with van der Waals surface area (Å²) in [7, 11) is 3.21. The fourth-order valence-electron chi connectivity index (χ4n) is 3.94. The number of rotatable bonds is 6. The van der Waals surface area contributed by atoms with Crippen molar-refractivity contribution < 1.29 is 22.9 Å². The molecule has 0 saturated carbocycles. The number of nitrogens with one attached hydrogen (secondary N) is 1. The maximum Gasteiger partial charge on any atom is 0.416 e. The van der Waals surface area contributed by atoms with Gasteiger partial charge in [-0.15, -0.1) is 0 Å². The average molecular weight is 525 g/mol. The van der Waals surface area contributed by atoms with E-state index in [0.29, 0.717) is 28.5 Å². The Bertz CT molecular complexity index is 1540. The molecule has 2 aromatic heterocycles. The minimum absolute atomic E-state index is 0.0365. The summed E-state index contributed by atoms with van der Waals surface area (Å²) < 4.78 is 40.3. The number of alkyl halides is 3. The number of amides is 1. The predicted molar refractivity (Wildman–Crippen MR) is 136 cm³/mol. The van der Waals surface area contributed by atoms with E-state index in [2.05, 4.69) is 20.3 Å². The summed E-state index contributed by atoms with van der Waals surface area (Å²) in [5, 5.41) is 14.7. The Hall–Kier alpha value is -4.61. The van der Waals surface area contributed by atoms with Gasteiger partial charge in [0.25, 0.3) is 11.6 Å². The summed E-state index contributed by atoms with van der Waals surface area (Å²) in [5.41, 5.74) is -0.0953. The second-order valence-corrected chi connectivity index (χ2v) is 8.87. The lowest BCUT2D eigenvalue weighted by Crippen LogP contribution is -2.23. The molecule has 0 aliphatic rings. The molecule has 1 amide bonds. The molecule has 0 aliphatic heterocycles. The Kier molecular flexibility index (Phi) is 6.99. The molecule has 0 bridgehead atoms. The minimum atomic E-state index is -4.77. The van der Waals surface area contributed by atoms with Crippen molar-refractivity contribution in [3.8, 4) is 11.3 Å². The molecule has 1 atom stereocenters. The van der Waals surface area contributed by atoms with E-state index in [9.17, 15) is 28.1 Å². The van der Waals surface area contributed by atoms with E-state index < -0.39 is 28.4 Å². The number of anilines is 1. The zero-order chi connectivity index (χ0) is 27.8. The van der Waals surface area contributed by atoms with Gasteiger partial charge in [-0.3, -0.25) is 14.9 Å². The number of aryl methyl sites for hydroxylation is 1. The molecule has 0 radical (unpaired) electrons. The number of carbonyl (C=O) groups excluding carboxylic acids is 1. The first-order valence-corrected chi connectivity index (χ1v) is 11.4. The average Bonchev–Trinajstić information content (AvgIpc) is 2.87. The first-order valence-electron chi connectivity index (χ1n) is 11.4. The van der Waals surface area contributed by atoms with Crippen LogP contribution in [0.5, 0.6) is 0 Å². The maximum atomic E-state index is 13.4. The zero-order valence-corrected chi connectivity index (χ0v) is 20.9. The van der Waals surface area contributed by atoms with Crippen LogP contribution in [0.25, 0.3) is 22.3 Å². The Morgan fingerprint density at radius 3 is 2.34 bits per heavy atom. The number of pyridine rings is 1. The highest BCUT2D eigenvalue weighted by Gasteiger charge is 2.33. The van der Waals surface area contributed by atoms with Crippen LogP contribution in [0.1, 0.15) is 40.3 Å². The van der Waals surface area contributed by atoms with Gasteiger partial charge in [0.15, 0.2) is 5.65 Å². The molecule has 0 spiro atoms. The molecule has 9 nitrogen and oxygen atoms in total. The minimum Gasteiger partial charge on any atom is -0.363 e. The van der Waals surface area contributed by atoms with Crippen LogP contribution in [0.3, 0.4) is 0 Å². The normalized spacial score (nSPS) is 12.3. The molecule has 4 aromatic rings. The third-order valence-corrected chi connectivity index (χ3v) is 5.81. The lowest BCUT2D eigenvalue weighted by atomic mass is 10.0. The Labute approximate surface area is 215 Å². The van der Waals surface area contributed by atoms with Gasteiger partial charge in [-0.1, -0.05) is 30.3 Å². The molecular weight excluding hydrogens is 501 g/mol. The molecular formula is C26H23F3N6O3. The van der Waals surface area contributed by atoms with Crippen LogP contribution in [0.4, 0.5) is 24.7 Å². The Morgan fingerprint density at radius 1 is 1.05 bits per heavy atom. The smallest absolute Gasteiger partial charge is 0.363 e. The number of aromatic nitrogens is 3. The topological polar surface area (TPSA) is 114 Å². The number of nitro groups is 1. The van der Waals surface area contributed by atoms with E-state index in [-0.39, 0.29) is 28.5 Å². The molecule has 2 heterocycles. The van der Waals surface area contributed by atoms with Crippen LogP contribution in [-0.2, 0) is 6.18 Å². The van der Waals surface area contributed by atoms with Gasteiger partial charge in [0, 0.05) is 31.8 Å². The number of non-ortho nitro benzene ring substituents is 1. The number of nitro benzene ring substituents is 1. The highest BCUT2D eigenvalue weighted by atomic mass is 19.4. The van der Waals surface area contributed by atoms with Crippen LogP contribution >= 0.6 is 0 Å². The number of halogens is 3. The summed E-state index contributed by atoms with van der Waals surface area (Å²) in [6.07, 6.45) is -4.77. The molecule has 4 rings (SSSR count). The van der Waals surface area contributed by atoms with Gasteiger partial charge in [-0.25, -0.2) is 15.0 Å². The van der Waals surface area contributed by atoms with Gasteiger partial charge in [0.05, 0.1) is 33.2 Å². The van der Waals surface area contributed by atoms with Crippen molar-refractivity contribution in [1.82, 2.24) is 19.9 Å². The number of nitrogens with zero attached hydrogens (tertiary/aromatic N) is 5. The third kappa shape index (κ3) is 5.38. The van der Waals surface area contributed by atoms with Crippen molar-refractivity contribution in [2.45, 2.75) is 26.1 Å². The summed E-state index contributed by atoms with van der Waals surface area (Å²) >= 11 is 0. The van der Waals surface area contributed by atoms with E-state index in [0.717, 1.165) is 12.1 Å². The van der Waals surface area contributed by atoms with Crippen LogP contribution in [0, 0.1) is 17.0 Å². The van der Waals surface area contributed by atoms with E-state index in [1.807, 2.05) is 30.3 Å². The Balaban J connectivity index is 1.86. The number of carbonyl (C=O) groups is 1. The largest absolute Gasteiger partial charge is 0.416 e. The Morgan fingerprint density at radius 2 is 1.74 bits per heavy atom. The van der Waals surface area contributed by atoms with Crippen molar-refractivity contribution in [2.24, 2.45) is 0 Å². The van der Waals surface area contributed by atoms with Crippen molar-refractivity contribution in [1.29, 1.82) is 0 Å². The SMILES string of the molecule is Cc1nc(N[C@H](C)c2cc([N+](=O)[O-])cc(C(F)(F)F)c2)c2cc(C(=O)N(C)C)c(-c3ccccc3)nc2n1. The number of benzene rings is 2. The molecule has 1 N–H and O–H groups in total. The fraction of sp³-hybridized carbons (Fsp3) is 0.231. The van der Waals surface area contributed by atoms with Gasteiger partial charge in [0.2, 0.25) is 0 Å². The predicted octanol–water partition coefficient (Wildman–Crippen LogP) is 5.80. The molecule has 0 unspecified atom stereocenters. The lowest BCUT2D eigenvalue weighted by Gasteiger charge is -2.19. The van der Waals surface area contributed by atoms with Crippen molar-refractivity contribution in [3.05, 3.63) is 87.2 Å². The fourth-order valence-corrected chi connectivity index (χ4v) is 3.94. The summed E-state index contributed by atoms with van der Waals surface area (Å²) in [5.74, 6) is 0.242. The van der Waals surface area contributed by atoms with Crippen molar-refractivity contribution in [2.75, 3.05) is 19.4 Å². The summed E-state index contributed by atoms with van der Waals surface area (Å²) in [6.45, 7) is 3.19.